The molecule has 0 saturated heterocycles. The second-order valence-corrected chi connectivity index (χ2v) is 17.2. The summed E-state index contributed by atoms with van der Waals surface area (Å²) in [6, 6.07) is 28.1. The fourth-order valence-corrected chi connectivity index (χ4v) is 8.62. The zero-order valence-electron chi connectivity index (χ0n) is 36.2. The van der Waals surface area contributed by atoms with Crippen LogP contribution in [-0.2, 0) is 33.8 Å². The molecule has 11 nitrogen and oxygen atoms in total. The van der Waals surface area contributed by atoms with Crippen molar-refractivity contribution >= 4 is 40.3 Å². The van der Waals surface area contributed by atoms with Gasteiger partial charge in [-0.2, -0.15) is 0 Å². The molecule has 8 rings (SSSR count). The molecule has 2 aliphatic rings. The predicted molar refractivity (Wildman–Crippen MR) is 243 cm³/mol. The number of rotatable bonds is 6. The molecular weight excluding hydrogens is 855 g/mol. The lowest BCUT2D eigenvalue weighted by Crippen LogP contribution is -2.53. The van der Waals surface area contributed by atoms with E-state index in [1.807, 2.05) is 58.6 Å². The van der Waals surface area contributed by atoms with Gasteiger partial charge in [0.2, 0.25) is 11.8 Å². The number of benzene rings is 4. The molecule has 4 heterocycles. The predicted octanol–water partition coefficient (Wildman–Crippen LogP) is 7.31. The van der Waals surface area contributed by atoms with E-state index in [-0.39, 0.29) is 30.0 Å². The summed E-state index contributed by atoms with van der Waals surface area (Å²) in [4.78, 5) is 38.1. The quantitative estimate of drug-likeness (QED) is 0.149. The topological polar surface area (TPSA) is 143 Å². The number of aryl methyl sites for hydroxylation is 2. The largest absolute Gasteiger partial charge is 0.488 e. The molecule has 62 heavy (non-hydrogen) atoms. The molecule has 0 unspecified atom stereocenters. The number of nitrogens with zero attached hydrogens (tertiary/aromatic N) is 6. The lowest BCUT2D eigenvalue weighted by Gasteiger charge is -2.42. The van der Waals surface area contributed by atoms with E-state index < -0.39 is 18.2 Å². The van der Waals surface area contributed by atoms with Gasteiger partial charge in [0.25, 0.3) is 0 Å². The molecule has 4 N–H and O–H groups in total. The van der Waals surface area contributed by atoms with Gasteiger partial charge in [0.1, 0.15) is 33.6 Å². The smallest absolute Gasteiger partial charge is 0.423 e. The summed E-state index contributed by atoms with van der Waals surface area (Å²) >= 11 is 3.62. The van der Waals surface area contributed by atoms with Gasteiger partial charge in [-0.05, 0) is 111 Å². The minimum atomic E-state index is -1.35. The lowest BCUT2D eigenvalue weighted by molar-refractivity contribution is -0.138. The second kappa shape index (κ2) is 18.9. The Morgan fingerprint density at radius 2 is 1.08 bits per heavy atom. The number of carbonyl (C=O) groups excluding carboxylic acids is 2. The fraction of sp³-hybridized carbons (Fsp3) is 0.319. The molecule has 15 heteroatoms. The summed E-state index contributed by atoms with van der Waals surface area (Å²) in [5.41, 5.74) is 12.7. The van der Waals surface area contributed by atoms with Crippen molar-refractivity contribution in [1.29, 1.82) is 0 Å². The zero-order chi connectivity index (χ0) is 45.1. The summed E-state index contributed by atoms with van der Waals surface area (Å²) in [5, 5.41) is 17.3. The summed E-state index contributed by atoms with van der Waals surface area (Å²) in [6.07, 6.45) is 0.482. The molecule has 4 aromatic carbocycles. The number of fused-ring (bicyclic) bond motifs is 2. The monoisotopic (exact) mass is 907 g/mol. The van der Waals surface area contributed by atoms with Crippen LogP contribution in [0.5, 0.6) is 0 Å². The first kappa shape index (κ1) is 46.0. The normalized spacial score (nSPS) is 14.7. The molecule has 0 fully saturated rings. The van der Waals surface area contributed by atoms with E-state index in [1.165, 1.54) is 29.8 Å². The Hall–Kier alpha value is -5.48. The van der Waals surface area contributed by atoms with Crippen molar-refractivity contribution in [3.63, 3.8) is 0 Å². The Labute approximate surface area is 370 Å². The number of nitrogens with two attached hydrogens (primary N) is 1. The minimum absolute atomic E-state index is 0.0280. The van der Waals surface area contributed by atoms with Gasteiger partial charge in [-0.15, -0.1) is 0 Å². The summed E-state index contributed by atoms with van der Waals surface area (Å²) in [5.74, 6) is 1.13. The molecule has 324 valence electrons. The van der Waals surface area contributed by atoms with Crippen LogP contribution in [0.25, 0.3) is 33.8 Å². The number of amides is 2. The first-order chi connectivity index (χ1) is 29.4. The number of carbonyl (C=O) groups is 2. The standard InChI is InChI=1S/C23H25FN4O.C17H19BrFN3O.C7H9BO2/c1-15-4-6-17(7-5-15)21-20(16-8-10-18(24)11-9-16)26-22-23(2,3)28(19(29)14-25)13-12-27(21)22;1-4-13(23)22-10-9-21-15(18)14(20-16(21)17(22,2)3)11-5-7-12(19)8-6-11;1-6-2-4-7(5-3-6)8(9)10/h4-11H,12-14,25H2,1-3H3;5-8H,4,9-10H2,1-3H3;2-5,9-10H,1H3. The number of hydrogen-bond acceptors (Lipinski definition) is 7. The molecule has 0 spiro atoms. The minimum Gasteiger partial charge on any atom is -0.423 e. The molecule has 2 amide bonds. The van der Waals surface area contributed by atoms with Crippen molar-refractivity contribution in [3.05, 3.63) is 136 Å². The molecule has 6 aromatic rings. The van der Waals surface area contributed by atoms with Crippen LogP contribution in [0.1, 0.15) is 63.8 Å². The van der Waals surface area contributed by atoms with Crippen LogP contribution in [0.15, 0.2) is 102 Å². The van der Waals surface area contributed by atoms with Crippen LogP contribution in [0.2, 0.25) is 0 Å². The SMILES string of the molecule is CCC(=O)N1CCn2c(nc(-c3ccc(F)cc3)c2Br)C1(C)C.Cc1ccc(-c2c(-c3ccc(F)cc3)nc3n2CCN(C(=O)CN)C3(C)C)cc1.Cc1ccc(B(O)O)cc1. The van der Waals surface area contributed by atoms with Crippen molar-refractivity contribution in [2.45, 2.75) is 79.1 Å². The van der Waals surface area contributed by atoms with Crippen LogP contribution in [-0.4, -0.2) is 77.5 Å². The average Bonchev–Trinajstić information content (AvgIpc) is 3.81. The van der Waals surface area contributed by atoms with Gasteiger partial charge in [0.05, 0.1) is 29.0 Å². The third-order valence-corrected chi connectivity index (χ3v) is 12.2. The average molecular weight is 909 g/mol. The van der Waals surface area contributed by atoms with E-state index in [0.717, 1.165) is 55.6 Å². The van der Waals surface area contributed by atoms with Gasteiger partial charge in [-0.1, -0.05) is 66.6 Å². The van der Waals surface area contributed by atoms with Gasteiger partial charge < -0.3 is 34.7 Å². The maximum atomic E-state index is 13.5. The molecule has 0 saturated carbocycles. The molecule has 0 bridgehead atoms. The van der Waals surface area contributed by atoms with Crippen LogP contribution < -0.4 is 11.2 Å². The zero-order valence-corrected chi connectivity index (χ0v) is 37.7. The third kappa shape index (κ3) is 9.46. The van der Waals surface area contributed by atoms with Gasteiger partial charge in [-0.25, -0.2) is 18.7 Å². The van der Waals surface area contributed by atoms with Crippen molar-refractivity contribution < 1.29 is 28.4 Å². The first-order valence-electron chi connectivity index (χ1n) is 20.6. The number of imidazole rings is 2. The van der Waals surface area contributed by atoms with Gasteiger partial charge in [-0.3, -0.25) is 9.59 Å². The van der Waals surface area contributed by atoms with E-state index in [4.69, 9.17) is 25.7 Å². The molecule has 2 aromatic heterocycles. The molecule has 2 aliphatic heterocycles. The molecule has 0 radical (unpaired) electrons. The number of halogens is 3. The summed E-state index contributed by atoms with van der Waals surface area (Å²) < 4.78 is 31.8. The third-order valence-electron chi connectivity index (χ3n) is 11.4. The van der Waals surface area contributed by atoms with E-state index in [2.05, 4.69) is 56.3 Å². The van der Waals surface area contributed by atoms with Crippen LogP contribution in [0.3, 0.4) is 0 Å². The number of hydrogen-bond donors (Lipinski definition) is 3. The van der Waals surface area contributed by atoms with Gasteiger partial charge in [0.15, 0.2) is 0 Å². The molecular formula is C47H53BBrF2N7O4. The highest BCUT2D eigenvalue weighted by atomic mass is 79.9. The second-order valence-electron chi connectivity index (χ2n) is 16.4. The van der Waals surface area contributed by atoms with Crippen molar-refractivity contribution in [2.75, 3.05) is 19.6 Å². The Kier molecular flexibility index (Phi) is 14.0. The number of aromatic nitrogens is 4. The molecule has 0 aliphatic carbocycles. The van der Waals surface area contributed by atoms with Crippen LogP contribution in [0.4, 0.5) is 8.78 Å². The van der Waals surface area contributed by atoms with Crippen molar-refractivity contribution in [1.82, 2.24) is 28.9 Å². The summed E-state index contributed by atoms with van der Waals surface area (Å²) in [7, 11) is -1.35. The van der Waals surface area contributed by atoms with Gasteiger partial charge >= 0.3 is 7.12 Å². The fourth-order valence-electron chi connectivity index (χ4n) is 7.96. The highest BCUT2D eigenvalue weighted by Gasteiger charge is 2.42. The Bertz CT molecular complexity index is 2520. The maximum absolute atomic E-state index is 13.5. The highest BCUT2D eigenvalue weighted by Crippen LogP contribution is 2.41. The van der Waals surface area contributed by atoms with Gasteiger partial charge in [0, 0.05) is 49.3 Å². The van der Waals surface area contributed by atoms with E-state index in [1.54, 1.807) is 41.3 Å². The maximum Gasteiger partial charge on any atom is 0.488 e. The van der Waals surface area contributed by atoms with E-state index in [9.17, 15) is 18.4 Å². The highest BCUT2D eigenvalue weighted by molar-refractivity contribution is 9.10. The molecule has 0 atom stereocenters. The van der Waals surface area contributed by atoms with Crippen LogP contribution >= 0.6 is 15.9 Å². The summed E-state index contributed by atoms with van der Waals surface area (Å²) in [6.45, 7) is 16.4. The Balaban J connectivity index is 0.000000173. The Morgan fingerprint density at radius 3 is 1.56 bits per heavy atom. The van der Waals surface area contributed by atoms with E-state index in [0.29, 0.717) is 38.1 Å². The van der Waals surface area contributed by atoms with Crippen molar-refractivity contribution in [2.24, 2.45) is 5.73 Å². The van der Waals surface area contributed by atoms with Crippen LogP contribution in [0, 0.1) is 25.5 Å². The van der Waals surface area contributed by atoms with Crippen molar-refractivity contribution in [3.8, 4) is 33.8 Å². The lowest BCUT2D eigenvalue weighted by atomic mass is 9.80. The first-order valence-corrected chi connectivity index (χ1v) is 21.4. The Morgan fingerprint density at radius 1 is 0.661 bits per heavy atom. The van der Waals surface area contributed by atoms with E-state index >= 15 is 0 Å².